The summed E-state index contributed by atoms with van der Waals surface area (Å²) in [6, 6.07) is 0.0267. The molecule has 0 saturated carbocycles. The molecule has 1 saturated heterocycles. The fourth-order valence-corrected chi connectivity index (χ4v) is 10.2. The smallest absolute Gasteiger partial charge is 0.225 e. The van der Waals surface area contributed by atoms with Crippen LogP contribution in [0.5, 0.6) is 0 Å². The van der Waals surface area contributed by atoms with E-state index in [1.807, 2.05) is 32.6 Å². The van der Waals surface area contributed by atoms with Gasteiger partial charge in [-0.2, -0.15) is 0 Å². The van der Waals surface area contributed by atoms with Crippen LogP contribution in [0.15, 0.2) is 0 Å². The van der Waals surface area contributed by atoms with E-state index in [9.17, 15) is 19.2 Å². The number of ketones is 1. The second-order valence-corrected chi connectivity index (χ2v) is 23.0. The number of likely N-dealkylation sites (tertiary alicyclic amines) is 1. The molecule has 2 N–H and O–H groups in total. The molecule has 1 fully saturated rings. The molecule has 0 radical (unpaired) electrons. The first kappa shape index (κ1) is 51.0. The maximum Gasteiger partial charge on any atom is 0.225 e. The predicted molar refractivity (Wildman–Crippen MR) is 226 cm³/mol. The third-order valence-corrected chi connectivity index (χ3v) is 11.9. The lowest BCUT2D eigenvalue weighted by molar-refractivity contribution is -0.136. The van der Waals surface area contributed by atoms with Crippen LogP contribution in [0.4, 0.5) is 0 Å². The first-order chi connectivity index (χ1) is 24.5. The van der Waals surface area contributed by atoms with Gasteiger partial charge in [-0.3, -0.25) is 19.3 Å². The summed E-state index contributed by atoms with van der Waals surface area (Å²) < 4.78 is 11.0. The van der Waals surface area contributed by atoms with Gasteiger partial charge >= 0.3 is 0 Å². The van der Waals surface area contributed by atoms with E-state index in [-0.39, 0.29) is 68.4 Å². The summed E-state index contributed by atoms with van der Waals surface area (Å²) in [7, 11) is 5.46. The van der Waals surface area contributed by atoms with E-state index >= 15 is 0 Å². The van der Waals surface area contributed by atoms with Crippen molar-refractivity contribution in [1.29, 1.82) is 0 Å². The van der Waals surface area contributed by atoms with Crippen molar-refractivity contribution in [3.8, 4) is 0 Å². The van der Waals surface area contributed by atoms with Crippen LogP contribution in [0.25, 0.3) is 0 Å². The molecule has 10 nitrogen and oxygen atoms in total. The topological polar surface area (TPSA) is 117 Å². The predicted octanol–water partition coefficient (Wildman–Crippen LogP) is 8.06. The monoisotopic (exact) mass is 779 g/mol. The quantitative estimate of drug-likeness (QED) is 0.108. The number of nitrogens with one attached hydrogen (secondary N) is 2. The summed E-state index contributed by atoms with van der Waals surface area (Å²) >= 11 is 0. The average Bonchev–Trinajstić information content (AvgIpc) is 3.38. The molecule has 0 unspecified atom stereocenters. The highest BCUT2D eigenvalue weighted by atomic mass is 16.5. The van der Waals surface area contributed by atoms with Crippen molar-refractivity contribution in [2.24, 2.45) is 32.5 Å². The van der Waals surface area contributed by atoms with Crippen molar-refractivity contribution in [2.45, 2.75) is 186 Å². The van der Waals surface area contributed by atoms with Crippen molar-refractivity contribution >= 4 is 23.5 Å². The van der Waals surface area contributed by atoms with Crippen molar-refractivity contribution in [3.05, 3.63) is 0 Å². The number of ether oxygens (including phenoxy) is 2. The van der Waals surface area contributed by atoms with Crippen LogP contribution in [-0.2, 0) is 28.7 Å². The summed E-state index contributed by atoms with van der Waals surface area (Å²) in [5, 5.41) is 6.52. The molecule has 1 aliphatic rings. The maximum atomic E-state index is 13.9. The number of rotatable bonds is 23. The SMILES string of the molecule is COC[C@@H]1C[C@@H](OC)CN1C(=O)CC(C)(C)CC(C)(C)CNC(=O)C(C)(C)CC(C)(C)N(C)C(C)(C)CC(C)(C)C(=O)NCC(C)(C)CC(C)(C)CC(C)=O. The van der Waals surface area contributed by atoms with Crippen LogP contribution >= 0.6 is 0 Å². The molecule has 1 rings (SSSR count). The van der Waals surface area contributed by atoms with E-state index in [2.05, 4.69) is 106 Å². The lowest BCUT2D eigenvalue weighted by atomic mass is 9.72. The Balaban J connectivity index is 2.88. The van der Waals surface area contributed by atoms with E-state index in [1.165, 1.54) is 0 Å². The number of Topliss-reactive ketones (excluding diaryl/α,β-unsaturated/α-hetero) is 1. The molecule has 0 aliphatic carbocycles. The minimum atomic E-state index is -0.659. The van der Waals surface area contributed by atoms with Gasteiger partial charge in [0.15, 0.2) is 0 Å². The van der Waals surface area contributed by atoms with Gasteiger partial charge in [0.2, 0.25) is 17.7 Å². The number of nitrogens with zero attached hydrogens (tertiary/aromatic N) is 2. The molecule has 10 heteroatoms. The van der Waals surface area contributed by atoms with Crippen LogP contribution in [-0.4, -0.2) is 104 Å². The number of hydrogen-bond acceptors (Lipinski definition) is 7. The third-order valence-electron chi connectivity index (χ3n) is 11.9. The molecule has 2 atom stereocenters. The normalized spacial score (nSPS) is 18.2. The van der Waals surface area contributed by atoms with E-state index in [0.29, 0.717) is 51.9 Å². The Hall–Kier alpha value is -2.04. The lowest BCUT2D eigenvalue weighted by Gasteiger charge is -2.51. The number of carbonyl (C=O) groups is 4. The van der Waals surface area contributed by atoms with Crippen LogP contribution in [0.1, 0.15) is 163 Å². The first-order valence-corrected chi connectivity index (χ1v) is 20.6. The standard InChI is InChI=1S/C45H86N4O6/c1-32(50)22-38(2,3)26-40(6,7)30-46-36(52)42(10,11)28-44(14,15)48(18)45(16,17)29-43(12,13)37(53)47-31-41(8,9)27-39(4,5)23-35(51)49-24-34(55-20)21-33(49)25-54-19/h33-34H,21-31H2,1-20H3,(H,46,52)(H,47,53)/t33-,34+/m0/s1. The number of hydrogen-bond donors (Lipinski definition) is 2. The van der Waals surface area contributed by atoms with Crippen LogP contribution < -0.4 is 10.6 Å². The Morgan fingerprint density at radius 3 is 1.40 bits per heavy atom. The highest BCUT2D eigenvalue weighted by Crippen LogP contribution is 2.41. The first-order valence-electron chi connectivity index (χ1n) is 20.6. The summed E-state index contributed by atoms with van der Waals surface area (Å²) in [6.07, 6.45) is 4.59. The highest BCUT2D eigenvalue weighted by Gasteiger charge is 2.45. The van der Waals surface area contributed by atoms with Gasteiger partial charge in [0.1, 0.15) is 5.78 Å². The van der Waals surface area contributed by atoms with Gasteiger partial charge in [0, 0.05) is 68.6 Å². The van der Waals surface area contributed by atoms with E-state index < -0.39 is 10.8 Å². The number of carbonyl (C=O) groups excluding carboxylic acids is 4. The zero-order valence-electron chi connectivity index (χ0n) is 39.3. The van der Waals surface area contributed by atoms with Gasteiger partial charge in [-0.25, -0.2) is 0 Å². The van der Waals surface area contributed by atoms with E-state index in [1.54, 1.807) is 21.1 Å². The molecule has 55 heavy (non-hydrogen) atoms. The van der Waals surface area contributed by atoms with Gasteiger partial charge in [-0.05, 0) is 95.4 Å². The molecule has 1 aliphatic heterocycles. The lowest BCUT2D eigenvalue weighted by Crippen LogP contribution is -2.58. The van der Waals surface area contributed by atoms with E-state index in [4.69, 9.17) is 9.47 Å². The molecule has 322 valence electrons. The Bertz CT molecular complexity index is 1310. The van der Waals surface area contributed by atoms with Crippen LogP contribution in [0, 0.1) is 32.5 Å². The fourth-order valence-electron chi connectivity index (χ4n) is 10.2. The van der Waals surface area contributed by atoms with Crippen molar-refractivity contribution < 1.29 is 28.7 Å². The zero-order chi connectivity index (χ0) is 43.2. The van der Waals surface area contributed by atoms with Gasteiger partial charge in [0.05, 0.1) is 18.8 Å². The van der Waals surface area contributed by atoms with Crippen LogP contribution in [0.2, 0.25) is 0 Å². The number of methoxy groups -OCH3 is 2. The molecule has 0 aromatic rings. The van der Waals surface area contributed by atoms with Crippen LogP contribution in [0.3, 0.4) is 0 Å². The molecule has 3 amide bonds. The second-order valence-electron chi connectivity index (χ2n) is 23.0. The van der Waals surface area contributed by atoms with Gasteiger partial charge in [-0.1, -0.05) is 83.1 Å². The van der Waals surface area contributed by atoms with Gasteiger partial charge in [0.25, 0.3) is 0 Å². The minimum absolute atomic E-state index is 0.00706. The van der Waals surface area contributed by atoms with Crippen molar-refractivity contribution in [3.63, 3.8) is 0 Å². The molecule has 0 bridgehead atoms. The minimum Gasteiger partial charge on any atom is -0.383 e. The fraction of sp³-hybridized carbons (Fsp3) is 0.911. The molecular weight excluding hydrogens is 693 g/mol. The molecule has 1 heterocycles. The molecule has 0 spiro atoms. The largest absolute Gasteiger partial charge is 0.383 e. The third kappa shape index (κ3) is 16.4. The summed E-state index contributed by atoms with van der Waals surface area (Å²) in [5.41, 5.74) is -2.82. The van der Waals surface area contributed by atoms with Gasteiger partial charge in [-0.15, -0.1) is 0 Å². The Kier molecular flexibility index (Phi) is 17.3. The Labute approximate surface area is 337 Å². The average molecular weight is 779 g/mol. The maximum absolute atomic E-state index is 13.9. The Morgan fingerprint density at radius 1 is 0.636 bits per heavy atom. The summed E-state index contributed by atoms with van der Waals surface area (Å²) in [5.74, 6) is 0.333. The second kappa shape index (κ2) is 18.7. The molecular formula is C45H86N4O6. The Morgan fingerprint density at radius 2 is 1.04 bits per heavy atom. The molecule has 0 aromatic carbocycles. The van der Waals surface area contributed by atoms with E-state index in [0.717, 1.165) is 19.3 Å². The zero-order valence-corrected chi connectivity index (χ0v) is 39.3. The highest BCUT2D eigenvalue weighted by molar-refractivity contribution is 5.82. The summed E-state index contributed by atoms with van der Waals surface area (Å²) in [4.78, 5) is 57.1. The molecule has 0 aromatic heterocycles. The summed E-state index contributed by atoms with van der Waals surface area (Å²) in [6.45, 7) is 37.7. The van der Waals surface area contributed by atoms with Crippen molar-refractivity contribution in [1.82, 2.24) is 20.4 Å². The van der Waals surface area contributed by atoms with Gasteiger partial charge < -0.3 is 29.8 Å². The number of amides is 3. The van der Waals surface area contributed by atoms with Crippen molar-refractivity contribution in [2.75, 3.05) is 47.5 Å².